The minimum atomic E-state index is -4.38. The highest BCUT2D eigenvalue weighted by Crippen LogP contribution is 2.29. The quantitative estimate of drug-likeness (QED) is 0.937. The van der Waals surface area contributed by atoms with Crippen LogP contribution in [0.1, 0.15) is 11.1 Å². The average Bonchev–Trinajstić information content (AvgIpc) is 2.81. The molecule has 0 bridgehead atoms. The van der Waals surface area contributed by atoms with Gasteiger partial charge in [-0.2, -0.15) is 18.3 Å². The van der Waals surface area contributed by atoms with Crippen LogP contribution >= 0.6 is 15.9 Å². The summed E-state index contributed by atoms with van der Waals surface area (Å²) < 4.78 is 39.5. The van der Waals surface area contributed by atoms with Crippen molar-refractivity contribution >= 4 is 15.9 Å². The normalized spacial score (nSPS) is 11.8. The number of nitrogens with zero attached hydrogens (tertiary/aromatic N) is 2. The number of halogens is 4. The van der Waals surface area contributed by atoms with Crippen molar-refractivity contribution in [3.63, 3.8) is 0 Å². The fourth-order valence-corrected chi connectivity index (χ4v) is 2.21. The Balaban J connectivity index is 2.32. The summed E-state index contributed by atoms with van der Waals surface area (Å²) >= 11 is 3.37. The molecule has 0 radical (unpaired) electrons. The summed E-state index contributed by atoms with van der Waals surface area (Å²) in [6.45, 7) is 0.512. The van der Waals surface area contributed by atoms with Gasteiger partial charge >= 0.3 is 6.18 Å². The Hall–Kier alpha value is -1.34. The molecule has 1 aromatic heterocycles. The van der Waals surface area contributed by atoms with E-state index in [2.05, 4.69) is 21.0 Å². The Morgan fingerprint density at radius 2 is 2.05 bits per heavy atom. The molecule has 102 valence electrons. The van der Waals surface area contributed by atoms with Crippen LogP contribution in [0.2, 0.25) is 0 Å². The first-order valence-corrected chi connectivity index (χ1v) is 6.32. The van der Waals surface area contributed by atoms with E-state index in [4.69, 9.17) is 5.73 Å². The predicted octanol–water partition coefficient (Wildman–Crippen LogP) is 3.15. The van der Waals surface area contributed by atoms with E-state index >= 15 is 0 Å². The molecule has 0 saturated heterocycles. The first-order valence-electron chi connectivity index (χ1n) is 5.52. The third-order valence-electron chi connectivity index (χ3n) is 2.62. The summed E-state index contributed by atoms with van der Waals surface area (Å²) in [6, 6.07) is 5.25. The topological polar surface area (TPSA) is 43.8 Å². The summed E-state index contributed by atoms with van der Waals surface area (Å²) in [4.78, 5) is 0. The Bertz CT molecular complexity index is 578. The van der Waals surface area contributed by atoms with E-state index in [1.807, 2.05) is 6.07 Å². The van der Waals surface area contributed by atoms with Gasteiger partial charge in [0, 0.05) is 10.7 Å². The first-order chi connectivity index (χ1) is 8.91. The van der Waals surface area contributed by atoms with Crippen molar-refractivity contribution in [3.8, 4) is 5.69 Å². The average molecular weight is 334 g/mol. The largest absolute Gasteiger partial charge is 0.419 e. The van der Waals surface area contributed by atoms with Crippen LogP contribution in [0.3, 0.4) is 0 Å². The van der Waals surface area contributed by atoms with Gasteiger partial charge in [-0.15, -0.1) is 0 Å². The van der Waals surface area contributed by atoms with Crippen molar-refractivity contribution in [2.75, 3.05) is 6.54 Å². The van der Waals surface area contributed by atoms with Crippen molar-refractivity contribution < 1.29 is 13.2 Å². The lowest BCUT2D eigenvalue weighted by atomic mass is 10.1. The molecule has 0 amide bonds. The zero-order valence-corrected chi connectivity index (χ0v) is 11.4. The van der Waals surface area contributed by atoms with Gasteiger partial charge in [-0.25, -0.2) is 4.68 Å². The standard InChI is InChI=1S/C12H11BrF3N3/c13-11-5-10(2-1-8(11)3-4-17)19-7-9(6-18-19)12(14,15)16/h1-2,5-7H,3-4,17H2. The van der Waals surface area contributed by atoms with E-state index in [9.17, 15) is 13.2 Å². The van der Waals surface area contributed by atoms with Crippen LogP contribution in [0.15, 0.2) is 35.1 Å². The molecule has 0 aliphatic rings. The summed E-state index contributed by atoms with van der Waals surface area (Å²) in [6.07, 6.45) is -1.91. The molecule has 3 nitrogen and oxygen atoms in total. The molecule has 0 aliphatic heterocycles. The van der Waals surface area contributed by atoms with Gasteiger partial charge in [0.2, 0.25) is 0 Å². The smallest absolute Gasteiger partial charge is 0.330 e. The van der Waals surface area contributed by atoms with Crippen molar-refractivity contribution in [1.29, 1.82) is 0 Å². The van der Waals surface area contributed by atoms with Crippen molar-refractivity contribution in [2.45, 2.75) is 12.6 Å². The van der Waals surface area contributed by atoms with Crippen LogP contribution in [0, 0.1) is 0 Å². The van der Waals surface area contributed by atoms with E-state index in [1.54, 1.807) is 12.1 Å². The highest BCUT2D eigenvalue weighted by Gasteiger charge is 2.32. The van der Waals surface area contributed by atoms with Crippen LogP contribution < -0.4 is 5.73 Å². The van der Waals surface area contributed by atoms with Gasteiger partial charge in [0.1, 0.15) is 0 Å². The van der Waals surface area contributed by atoms with Crippen LogP contribution in [0.5, 0.6) is 0 Å². The predicted molar refractivity (Wildman–Crippen MR) is 69.0 cm³/mol. The molecular formula is C12H11BrF3N3. The Morgan fingerprint density at radius 1 is 1.32 bits per heavy atom. The SMILES string of the molecule is NCCc1ccc(-n2cc(C(F)(F)F)cn2)cc1Br. The lowest BCUT2D eigenvalue weighted by Gasteiger charge is -2.07. The molecular weight excluding hydrogens is 323 g/mol. The lowest BCUT2D eigenvalue weighted by molar-refractivity contribution is -0.137. The third-order valence-corrected chi connectivity index (χ3v) is 3.36. The Kier molecular flexibility index (Phi) is 3.96. The summed E-state index contributed by atoms with van der Waals surface area (Å²) in [5, 5.41) is 3.72. The van der Waals surface area contributed by atoms with E-state index in [0.29, 0.717) is 18.7 Å². The molecule has 1 heterocycles. The fraction of sp³-hybridized carbons (Fsp3) is 0.250. The number of benzene rings is 1. The van der Waals surface area contributed by atoms with E-state index in [0.717, 1.165) is 22.4 Å². The molecule has 2 rings (SSSR count). The van der Waals surface area contributed by atoms with Crippen molar-refractivity contribution in [1.82, 2.24) is 9.78 Å². The zero-order valence-electron chi connectivity index (χ0n) is 9.78. The highest BCUT2D eigenvalue weighted by molar-refractivity contribution is 9.10. The second-order valence-corrected chi connectivity index (χ2v) is 4.84. The maximum absolute atomic E-state index is 12.5. The molecule has 2 aromatic rings. The number of hydrogen-bond donors (Lipinski definition) is 1. The first kappa shape index (κ1) is 14.1. The molecule has 0 unspecified atom stereocenters. The molecule has 19 heavy (non-hydrogen) atoms. The van der Waals surface area contributed by atoms with Crippen LogP contribution in [0.4, 0.5) is 13.2 Å². The molecule has 7 heteroatoms. The third kappa shape index (κ3) is 3.16. The number of rotatable bonds is 3. The lowest BCUT2D eigenvalue weighted by Crippen LogP contribution is -2.04. The van der Waals surface area contributed by atoms with Crippen LogP contribution in [-0.4, -0.2) is 16.3 Å². The van der Waals surface area contributed by atoms with Crippen molar-refractivity contribution in [2.24, 2.45) is 5.73 Å². The monoisotopic (exact) mass is 333 g/mol. The minimum absolute atomic E-state index is 0.512. The van der Waals surface area contributed by atoms with Gasteiger partial charge in [0.05, 0.1) is 17.4 Å². The van der Waals surface area contributed by atoms with Crippen molar-refractivity contribution in [3.05, 3.63) is 46.2 Å². The molecule has 0 atom stereocenters. The maximum Gasteiger partial charge on any atom is 0.419 e. The molecule has 0 aliphatic carbocycles. The Morgan fingerprint density at radius 3 is 2.58 bits per heavy atom. The minimum Gasteiger partial charge on any atom is -0.330 e. The van der Waals surface area contributed by atoms with Gasteiger partial charge < -0.3 is 5.73 Å². The van der Waals surface area contributed by atoms with Gasteiger partial charge in [0.15, 0.2) is 0 Å². The van der Waals surface area contributed by atoms with Crippen LogP contribution in [0.25, 0.3) is 5.69 Å². The van der Waals surface area contributed by atoms with Gasteiger partial charge in [-0.1, -0.05) is 22.0 Å². The highest BCUT2D eigenvalue weighted by atomic mass is 79.9. The molecule has 1 aromatic carbocycles. The summed E-state index contributed by atoms with van der Waals surface area (Å²) in [5.41, 5.74) is 6.26. The second kappa shape index (κ2) is 5.34. The van der Waals surface area contributed by atoms with E-state index < -0.39 is 11.7 Å². The number of alkyl halides is 3. The maximum atomic E-state index is 12.5. The van der Waals surface area contributed by atoms with E-state index in [-0.39, 0.29) is 0 Å². The molecule has 0 saturated carbocycles. The van der Waals surface area contributed by atoms with Gasteiger partial charge in [-0.05, 0) is 30.7 Å². The fourth-order valence-electron chi connectivity index (χ4n) is 1.65. The zero-order chi connectivity index (χ0) is 14.0. The van der Waals surface area contributed by atoms with E-state index in [1.165, 1.54) is 4.68 Å². The van der Waals surface area contributed by atoms with Gasteiger partial charge in [-0.3, -0.25) is 0 Å². The summed E-state index contributed by atoms with van der Waals surface area (Å²) in [7, 11) is 0. The number of nitrogens with two attached hydrogens (primary N) is 1. The summed E-state index contributed by atoms with van der Waals surface area (Å²) in [5.74, 6) is 0. The number of hydrogen-bond acceptors (Lipinski definition) is 2. The number of aromatic nitrogens is 2. The second-order valence-electron chi connectivity index (χ2n) is 3.99. The van der Waals surface area contributed by atoms with Crippen LogP contribution in [-0.2, 0) is 12.6 Å². The Labute approximate surface area is 116 Å². The molecule has 0 fully saturated rings. The molecule has 2 N–H and O–H groups in total. The molecule has 0 spiro atoms. The van der Waals surface area contributed by atoms with Gasteiger partial charge in [0.25, 0.3) is 0 Å².